The Morgan fingerprint density at radius 1 is 1.15 bits per heavy atom. The van der Waals surface area contributed by atoms with Crippen LogP contribution in [0.3, 0.4) is 0 Å². The van der Waals surface area contributed by atoms with E-state index in [1.165, 1.54) is 22.2 Å². The molecule has 0 bridgehead atoms. The lowest BCUT2D eigenvalue weighted by molar-refractivity contribution is 0.394. The summed E-state index contributed by atoms with van der Waals surface area (Å²) in [6, 6.07) is 14.1. The van der Waals surface area contributed by atoms with Crippen LogP contribution in [-0.2, 0) is 13.0 Å². The molecule has 0 radical (unpaired) electrons. The van der Waals surface area contributed by atoms with E-state index >= 15 is 0 Å². The van der Waals surface area contributed by atoms with E-state index in [4.69, 9.17) is 21.7 Å². The molecular weight excluding hydrogens is 346 g/mol. The van der Waals surface area contributed by atoms with Gasteiger partial charge in [-0.05, 0) is 42.4 Å². The number of aromatic amines is 1. The van der Waals surface area contributed by atoms with E-state index in [-0.39, 0.29) is 0 Å². The van der Waals surface area contributed by atoms with Crippen LogP contribution in [0, 0.1) is 0 Å². The number of methoxy groups -OCH3 is 2. The molecule has 0 atom stereocenters. The van der Waals surface area contributed by atoms with Gasteiger partial charge in [-0.15, -0.1) is 0 Å². The van der Waals surface area contributed by atoms with E-state index < -0.39 is 0 Å². The molecule has 134 valence electrons. The fourth-order valence-electron chi connectivity index (χ4n) is 3.47. The van der Waals surface area contributed by atoms with Crippen LogP contribution < -0.4 is 14.8 Å². The summed E-state index contributed by atoms with van der Waals surface area (Å²) in [5, 5.41) is 5.31. The second kappa shape index (κ2) is 6.88. The van der Waals surface area contributed by atoms with Crippen molar-refractivity contribution in [1.82, 2.24) is 9.88 Å². The molecule has 6 heteroatoms. The molecule has 1 aliphatic heterocycles. The fraction of sp³-hybridized carbons (Fsp3) is 0.250. The average molecular weight is 367 g/mol. The maximum Gasteiger partial charge on any atom is 0.173 e. The van der Waals surface area contributed by atoms with Crippen molar-refractivity contribution in [1.29, 1.82) is 0 Å². The molecule has 0 fully saturated rings. The maximum absolute atomic E-state index is 5.66. The molecule has 5 nitrogen and oxygen atoms in total. The molecule has 3 aromatic rings. The highest BCUT2D eigenvalue weighted by molar-refractivity contribution is 7.80. The second-order valence-corrected chi connectivity index (χ2v) is 6.68. The normalized spacial score (nSPS) is 13.4. The summed E-state index contributed by atoms with van der Waals surface area (Å²) in [7, 11) is 3.29. The Morgan fingerprint density at radius 2 is 2.00 bits per heavy atom. The maximum atomic E-state index is 5.66. The van der Waals surface area contributed by atoms with Crippen LogP contribution in [-0.4, -0.2) is 35.8 Å². The number of nitrogens with one attached hydrogen (secondary N) is 2. The molecule has 2 aromatic carbocycles. The number of rotatable bonds is 3. The van der Waals surface area contributed by atoms with Crippen molar-refractivity contribution in [3.63, 3.8) is 0 Å². The van der Waals surface area contributed by atoms with Gasteiger partial charge in [0.15, 0.2) is 5.11 Å². The summed E-state index contributed by atoms with van der Waals surface area (Å²) in [4.78, 5) is 5.70. The zero-order valence-corrected chi connectivity index (χ0v) is 15.7. The van der Waals surface area contributed by atoms with Crippen molar-refractivity contribution in [3.8, 4) is 11.5 Å². The number of aromatic nitrogens is 1. The Morgan fingerprint density at radius 3 is 2.81 bits per heavy atom. The molecule has 0 unspecified atom stereocenters. The highest BCUT2D eigenvalue weighted by Gasteiger charge is 2.22. The third-order valence-corrected chi connectivity index (χ3v) is 5.18. The number of ether oxygens (including phenoxy) is 2. The standard InChI is InChI=1S/C20H21N3O2S/c1-24-13-7-8-19(25-2)17(11-13)22-20(26)23-10-9-15-14-5-3-4-6-16(14)21-18(15)12-23/h3-8,11,21H,9-10,12H2,1-2H3,(H,22,26). The van der Waals surface area contributed by atoms with Gasteiger partial charge in [-0.3, -0.25) is 0 Å². The number of hydrogen-bond acceptors (Lipinski definition) is 3. The van der Waals surface area contributed by atoms with Gasteiger partial charge in [0.1, 0.15) is 11.5 Å². The van der Waals surface area contributed by atoms with Crippen molar-refractivity contribution in [3.05, 3.63) is 53.7 Å². The quantitative estimate of drug-likeness (QED) is 0.687. The summed E-state index contributed by atoms with van der Waals surface area (Å²) in [5.74, 6) is 1.49. The Labute approximate surface area is 157 Å². The van der Waals surface area contributed by atoms with E-state index in [0.717, 1.165) is 36.7 Å². The third kappa shape index (κ3) is 2.97. The molecule has 26 heavy (non-hydrogen) atoms. The molecule has 0 saturated carbocycles. The molecule has 1 aromatic heterocycles. The van der Waals surface area contributed by atoms with Gasteiger partial charge in [0.25, 0.3) is 0 Å². The van der Waals surface area contributed by atoms with Gasteiger partial charge in [-0.1, -0.05) is 18.2 Å². The average Bonchev–Trinajstić information content (AvgIpc) is 3.05. The Hall–Kier alpha value is -2.73. The van der Waals surface area contributed by atoms with Crippen molar-refractivity contribution in [2.45, 2.75) is 13.0 Å². The monoisotopic (exact) mass is 367 g/mol. The van der Waals surface area contributed by atoms with Crippen LogP contribution in [0.4, 0.5) is 5.69 Å². The Bertz CT molecular complexity index is 967. The predicted molar refractivity (Wildman–Crippen MR) is 108 cm³/mol. The first-order valence-electron chi connectivity index (χ1n) is 8.56. The summed E-state index contributed by atoms with van der Waals surface area (Å²) in [5.41, 5.74) is 4.63. The molecule has 0 saturated heterocycles. The lowest BCUT2D eigenvalue weighted by atomic mass is 10.0. The number of para-hydroxylation sites is 1. The highest BCUT2D eigenvalue weighted by Crippen LogP contribution is 2.31. The molecule has 2 heterocycles. The van der Waals surface area contributed by atoms with Gasteiger partial charge in [-0.25, -0.2) is 0 Å². The molecule has 0 amide bonds. The van der Waals surface area contributed by atoms with Crippen LogP contribution in [0.1, 0.15) is 11.3 Å². The number of thiocarbonyl (C=S) groups is 1. The summed E-state index contributed by atoms with van der Waals surface area (Å²) in [6.45, 7) is 1.65. The number of nitrogens with zero attached hydrogens (tertiary/aromatic N) is 1. The van der Waals surface area contributed by atoms with Crippen LogP contribution in [0.2, 0.25) is 0 Å². The lowest BCUT2D eigenvalue weighted by Crippen LogP contribution is -2.38. The SMILES string of the molecule is COc1ccc(OC)c(NC(=S)N2CCc3c([nH]c4ccccc34)C2)c1. The summed E-state index contributed by atoms with van der Waals surface area (Å²) < 4.78 is 10.7. The molecular formula is C20H21N3O2S. The highest BCUT2D eigenvalue weighted by atomic mass is 32.1. The number of hydrogen-bond donors (Lipinski definition) is 2. The molecule has 0 spiro atoms. The van der Waals surface area contributed by atoms with Gasteiger partial charge < -0.3 is 24.7 Å². The van der Waals surface area contributed by atoms with E-state index in [2.05, 4.69) is 39.5 Å². The van der Waals surface area contributed by atoms with E-state index in [1.54, 1.807) is 14.2 Å². The van der Waals surface area contributed by atoms with Gasteiger partial charge in [0, 0.05) is 29.2 Å². The van der Waals surface area contributed by atoms with E-state index in [9.17, 15) is 0 Å². The molecule has 0 aliphatic carbocycles. The topological polar surface area (TPSA) is 49.5 Å². The number of anilines is 1. The number of H-pyrrole nitrogens is 1. The van der Waals surface area contributed by atoms with Crippen molar-refractivity contribution in [2.75, 3.05) is 26.1 Å². The molecule has 1 aliphatic rings. The predicted octanol–water partition coefficient (Wildman–Crippen LogP) is 3.94. The van der Waals surface area contributed by atoms with Gasteiger partial charge in [0.2, 0.25) is 0 Å². The Balaban J connectivity index is 1.55. The number of benzene rings is 2. The molecule has 4 rings (SSSR count). The van der Waals surface area contributed by atoms with Gasteiger partial charge in [-0.2, -0.15) is 0 Å². The van der Waals surface area contributed by atoms with Crippen molar-refractivity contribution < 1.29 is 9.47 Å². The largest absolute Gasteiger partial charge is 0.497 e. The first-order valence-corrected chi connectivity index (χ1v) is 8.97. The summed E-state index contributed by atoms with van der Waals surface area (Å²) in [6.07, 6.45) is 0.969. The van der Waals surface area contributed by atoms with Crippen LogP contribution in [0.25, 0.3) is 10.9 Å². The first kappa shape index (κ1) is 16.7. The lowest BCUT2D eigenvalue weighted by Gasteiger charge is -2.30. The Kier molecular flexibility index (Phi) is 4.42. The minimum Gasteiger partial charge on any atom is -0.497 e. The smallest absolute Gasteiger partial charge is 0.173 e. The minimum absolute atomic E-state index is 0.681. The van der Waals surface area contributed by atoms with Crippen molar-refractivity contribution in [2.24, 2.45) is 0 Å². The van der Waals surface area contributed by atoms with Gasteiger partial charge in [0.05, 0.1) is 26.5 Å². The molecule has 2 N–H and O–H groups in total. The third-order valence-electron chi connectivity index (χ3n) is 4.82. The summed E-state index contributed by atoms with van der Waals surface area (Å²) >= 11 is 5.66. The first-order chi connectivity index (χ1) is 12.7. The van der Waals surface area contributed by atoms with Crippen LogP contribution >= 0.6 is 12.2 Å². The van der Waals surface area contributed by atoms with E-state index in [1.807, 2.05) is 18.2 Å². The van der Waals surface area contributed by atoms with Crippen LogP contribution in [0.15, 0.2) is 42.5 Å². The minimum atomic E-state index is 0.681. The van der Waals surface area contributed by atoms with E-state index in [0.29, 0.717) is 5.11 Å². The van der Waals surface area contributed by atoms with Gasteiger partial charge >= 0.3 is 0 Å². The second-order valence-electron chi connectivity index (χ2n) is 6.30. The zero-order chi connectivity index (χ0) is 18.1. The zero-order valence-electron chi connectivity index (χ0n) is 14.8. The fourth-order valence-corrected chi connectivity index (χ4v) is 3.74. The van der Waals surface area contributed by atoms with Crippen molar-refractivity contribution >= 4 is 33.9 Å². The van der Waals surface area contributed by atoms with Crippen LogP contribution in [0.5, 0.6) is 11.5 Å². The number of fused-ring (bicyclic) bond motifs is 3.